The van der Waals surface area contributed by atoms with Crippen molar-refractivity contribution >= 4 is 11.9 Å². The lowest BCUT2D eigenvalue weighted by Crippen LogP contribution is -2.17. The Morgan fingerprint density at radius 3 is 2.72 bits per heavy atom. The Morgan fingerprint density at radius 1 is 1.50 bits per heavy atom. The highest BCUT2D eigenvalue weighted by Crippen LogP contribution is 2.44. The first-order valence-corrected chi connectivity index (χ1v) is 6.26. The Bertz CT molecular complexity index is 430. The maximum Gasteiger partial charge on any atom is 0.307 e. The van der Waals surface area contributed by atoms with E-state index in [-0.39, 0.29) is 5.92 Å². The molecule has 3 atom stereocenters. The summed E-state index contributed by atoms with van der Waals surface area (Å²) in [4.78, 5) is 17.3. The maximum absolute atomic E-state index is 11.3. The summed E-state index contributed by atoms with van der Waals surface area (Å²) in [6.07, 6.45) is 2.52. The molecule has 1 saturated carbocycles. The van der Waals surface area contributed by atoms with E-state index in [0.717, 1.165) is 12.8 Å². The summed E-state index contributed by atoms with van der Waals surface area (Å²) in [5, 5.41) is 13.1. The van der Waals surface area contributed by atoms with Crippen LogP contribution in [0.1, 0.15) is 38.0 Å². The molecule has 1 N–H and O–H groups in total. The van der Waals surface area contributed by atoms with E-state index in [2.05, 4.69) is 17.1 Å². The summed E-state index contributed by atoms with van der Waals surface area (Å²) in [7, 11) is 3.65. The molecule has 1 aromatic rings. The summed E-state index contributed by atoms with van der Waals surface area (Å²) >= 11 is 0. The average Bonchev–Trinajstić information content (AvgIpc) is 2.95. The van der Waals surface area contributed by atoms with Crippen molar-refractivity contribution in [1.82, 2.24) is 10.1 Å². The standard InChI is InChI=1S/C12H19N3O3/c1-4-7-5-8(9(6-7)11(16)17)10-13-12(14-18-10)15(2)3/h7-9H,4-6H2,1-3H3,(H,16,17). The minimum Gasteiger partial charge on any atom is -0.481 e. The quantitative estimate of drug-likeness (QED) is 0.880. The Labute approximate surface area is 106 Å². The highest BCUT2D eigenvalue weighted by molar-refractivity contribution is 5.71. The lowest BCUT2D eigenvalue weighted by molar-refractivity contribution is -0.142. The normalized spacial score (nSPS) is 27.4. The number of carbonyl (C=O) groups is 1. The zero-order valence-corrected chi connectivity index (χ0v) is 11.0. The Balaban J connectivity index is 2.21. The molecule has 1 aromatic heterocycles. The van der Waals surface area contributed by atoms with Crippen LogP contribution in [0.2, 0.25) is 0 Å². The highest BCUT2D eigenvalue weighted by atomic mass is 16.5. The SMILES string of the molecule is CCC1CC(C(=O)O)C(c2nc(N(C)C)no2)C1. The molecule has 1 heterocycles. The third-order valence-corrected chi connectivity index (χ3v) is 3.70. The number of rotatable bonds is 4. The predicted molar refractivity (Wildman–Crippen MR) is 65.5 cm³/mol. The molecule has 2 rings (SSSR count). The summed E-state index contributed by atoms with van der Waals surface area (Å²) in [6, 6.07) is 0. The third-order valence-electron chi connectivity index (χ3n) is 3.70. The zero-order chi connectivity index (χ0) is 13.3. The topological polar surface area (TPSA) is 79.5 Å². The van der Waals surface area contributed by atoms with Crippen LogP contribution < -0.4 is 4.90 Å². The van der Waals surface area contributed by atoms with E-state index in [1.165, 1.54) is 0 Å². The van der Waals surface area contributed by atoms with Gasteiger partial charge in [-0.3, -0.25) is 4.79 Å². The molecular formula is C12H19N3O3. The van der Waals surface area contributed by atoms with Crippen LogP contribution in [-0.4, -0.2) is 35.3 Å². The van der Waals surface area contributed by atoms with Crippen LogP contribution in [0, 0.1) is 11.8 Å². The molecule has 0 saturated heterocycles. The molecule has 0 aliphatic heterocycles. The van der Waals surface area contributed by atoms with Gasteiger partial charge in [-0.05, 0) is 23.9 Å². The monoisotopic (exact) mass is 253 g/mol. The van der Waals surface area contributed by atoms with Crippen LogP contribution in [0.15, 0.2) is 4.52 Å². The lowest BCUT2D eigenvalue weighted by Gasteiger charge is -2.10. The Kier molecular flexibility index (Phi) is 3.54. The number of hydrogen-bond acceptors (Lipinski definition) is 5. The van der Waals surface area contributed by atoms with Gasteiger partial charge < -0.3 is 14.5 Å². The highest BCUT2D eigenvalue weighted by Gasteiger charge is 2.42. The Hall–Kier alpha value is -1.59. The van der Waals surface area contributed by atoms with Crippen molar-refractivity contribution in [3.63, 3.8) is 0 Å². The molecule has 0 spiro atoms. The lowest BCUT2D eigenvalue weighted by atomic mass is 9.96. The zero-order valence-electron chi connectivity index (χ0n) is 11.0. The molecule has 0 bridgehead atoms. The Morgan fingerprint density at radius 2 is 2.22 bits per heavy atom. The fraction of sp³-hybridized carbons (Fsp3) is 0.750. The van der Waals surface area contributed by atoms with Crippen LogP contribution in [0.25, 0.3) is 0 Å². The molecule has 0 radical (unpaired) electrons. The van der Waals surface area contributed by atoms with Gasteiger partial charge in [0.05, 0.1) is 11.8 Å². The molecule has 1 aliphatic carbocycles. The van der Waals surface area contributed by atoms with E-state index in [1.807, 2.05) is 14.1 Å². The van der Waals surface area contributed by atoms with E-state index in [9.17, 15) is 9.90 Å². The predicted octanol–water partition coefficient (Wildman–Crippen LogP) is 1.74. The first-order chi connectivity index (χ1) is 8.52. The van der Waals surface area contributed by atoms with E-state index >= 15 is 0 Å². The molecule has 0 aromatic carbocycles. The van der Waals surface area contributed by atoms with E-state index in [4.69, 9.17) is 4.52 Å². The maximum atomic E-state index is 11.3. The van der Waals surface area contributed by atoms with Gasteiger partial charge in [-0.25, -0.2) is 0 Å². The molecule has 6 heteroatoms. The molecule has 1 aliphatic rings. The summed E-state index contributed by atoms with van der Waals surface area (Å²) in [5.41, 5.74) is 0. The van der Waals surface area contributed by atoms with E-state index < -0.39 is 11.9 Å². The van der Waals surface area contributed by atoms with Crippen LogP contribution in [0.5, 0.6) is 0 Å². The van der Waals surface area contributed by atoms with Gasteiger partial charge in [-0.2, -0.15) is 4.98 Å². The van der Waals surface area contributed by atoms with Crippen LogP contribution in [0.4, 0.5) is 5.95 Å². The van der Waals surface area contributed by atoms with Gasteiger partial charge in [-0.15, -0.1) is 0 Å². The summed E-state index contributed by atoms with van der Waals surface area (Å²) in [5.74, 6) is 0.0848. The van der Waals surface area contributed by atoms with Gasteiger partial charge in [0.15, 0.2) is 0 Å². The van der Waals surface area contributed by atoms with Crippen LogP contribution >= 0.6 is 0 Å². The van der Waals surface area contributed by atoms with Crippen LogP contribution in [-0.2, 0) is 4.79 Å². The van der Waals surface area contributed by atoms with Gasteiger partial charge in [-0.1, -0.05) is 13.3 Å². The van der Waals surface area contributed by atoms with Gasteiger partial charge in [0.25, 0.3) is 5.95 Å². The van der Waals surface area contributed by atoms with Gasteiger partial charge in [0.1, 0.15) is 0 Å². The molecule has 6 nitrogen and oxygen atoms in total. The van der Waals surface area contributed by atoms with Gasteiger partial charge >= 0.3 is 5.97 Å². The van der Waals surface area contributed by atoms with Crippen molar-refractivity contribution in [2.75, 3.05) is 19.0 Å². The minimum absolute atomic E-state index is 0.145. The first kappa shape index (κ1) is 12.9. The van der Waals surface area contributed by atoms with Crippen LogP contribution in [0.3, 0.4) is 0 Å². The molecule has 3 unspecified atom stereocenters. The molecule has 100 valence electrons. The van der Waals surface area contributed by atoms with Crippen molar-refractivity contribution in [2.24, 2.45) is 11.8 Å². The molecule has 1 fully saturated rings. The average molecular weight is 253 g/mol. The fourth-order valence-corrected chi connectivity index (χ4v) is 2.58. The van der Waals surface area contributed by atoms with Crippen molar-refractivity contribution in [1.29, 1.82) is 0 Å². The van der Waals surface area contributed by atoms with E-state index in [1.54, 1.807) is 4.90 Å². The van der Waals surface area contributed by atoms with Crippen molar-refractivity contribution in [3.05, 3.63) is 5.89 Å². The fourth-order valence-electron chi connectivity index (χ4n) is 2.58. The second-order valence-electron chi connectivity index (χ2n) is 5.12. The summed E-state index contributed by atoms with van der Waals surface area (Å²) < 4.78 is 5.22. The number of carboxylic acid groups (broad SMARTS) is 1. The first-order valence-electron chi connectivity index (χ1n) is 6.26. The van der Waals surface area contributed by atoms with Crippen molar-refractivity contribution in [2.45, 2.75) is 32.1 Å². The minimum atomic E-state index is -0.763. The molecular weight excluding hydrogens is 234 g/mol. The molecule has 18 heavy (non-hydrogen) atoms. The second-order valence-corrected chi connectivity index (χ2v) is 5.12. The van der Waals surface area contributed by atoms with Gasteiger partial charge in [0.2, 0.25) is 5.89 Å². The van der Waals surface area contributed by atoms with Crippen molar-refractivity contribution < 1.29 is 14.4 Å². The van der Waals surface area contributed by atoms with Gasteiger partial charge in [0, 0.05) is 14.1 Å². The number of anilines is 1. The number of aromatic nitrogens is 2. The number of nitrogens with zero attached hydrogens (tertiary/aromatic N) is 3. The van der Waals surface area contributed by atoms with Crippen molar-refractivity contribution in [3.8, 4) is 0 Å². The third kappa shape index (κ3) is 2.32. The van der Waals surface area contributed by atoms with E-state index in [0.29, 0.717) is 24.2 Å². The molecule has 0 amide bonds. The smallest absolute Gasteiger partial charge is 0.307 e. The number of aliphatic carboxylic acids is 1. The number of hydrogen-bond donors (Lipinski definition) is 1. The number of carboxylic acids is 1. The summed E-state index contributed by atoms with van der Waals surface area (Å²) in [6.45, 7) is 2.09. The largest absolute Gasteiger partial charge is 0.481 e. The second kappa shape index (κ2) is 4.96.